The average molecular weight is 208 g/mol. The van der Waals surface area contributed by atoms with Crippen LogP contribution in [0, 0.1) is 18.3 Å². The Labute approximate surface area is 92.0 Å². The van der Waals surface area contributed by atoms with Gasteiger partial charge in [0.25, 0.3) is 0 Å². The quantitative estimate of drug-likeness (QED) is 0.659. The van der Waals surface area contributed by atoms with E-state index in [0.29, 0.717) is 12.3 Å². The normalized spacial score (nSPS) is 22.0. The van der Waals surface area contributed by atoms with Crippen LogP contribution in [0.4, 0.5) is 0 Å². The van der Waals surface area contributed by atoms with E-state index < -0.39 is 0 Å². The Balaban J connectivity index is 2.24. The van der Waals surface area contributed by atoms with Gasteiger partial charge >= 0.3 is 0 Å². The van der Waals surface area contributed by atoms with Gasteiger partial charge in [0.2, 0.25) is 5.91 Å². The standard InChI is InChI=1S/C12H20N2O/c1-3-5-11(4-2)14-12(15)8-10-6-7-13-9-10/h2,10-11,13H,3,5-9H2,1H3,(H,14,15). The molecular weight excluding hydrogens is 188 g/mol. The summed E-state index contributed by atoms with van der Waals surface area (Å²) in [5.74, 6) is 3.20. The maximum absolute atomic E-state index is 11.6. The molecule has 1 heterocycles. The summed E-state index contributed by atoms with van der Waals surface area (Å²) >= 11 is 0. The van der Waals surface area contributed by atoms with Gasteiger partial charge in [-0.25, -0.2) is 0 Å². The molecule has 3 heteroatoms. The van der Waals surface area contributed by atoms with Crippen molar-refractivity contribution < 1.29 is 4.79 Å². The highest BCUT2D eigenvalue weighted by Crippen LogP contribution is 2.11. The first-order valence-corrected chi connectivity index (χ1v) is 5.72. The second-order valence-electron chi connectivity index (χ2n) is 4.14. The highest BCUT2D eigenvalue weighted by atomic mass is 16.1. The van der Waals surface area contributed by atoms with Gasteiger partial charge in [0.1, 0.15) is 0 Å². The zero-order valence-electron chi connectivity index (χ0n) is 9.38. The number of carbonyl (C=O) groups is 1. The summed E-state index contributed by atoms with van der Waals surface area (Å²) in [5, 5.41) is 6.14. The lowest BCUT2D eigenvalue weighted by atomic mass is 10.0. The zero-order valence-corrected chi connectivity index (χ0v) is 9.38. The summed E-state index contributed by atoms with van der Waals surface area (Å²) in [4.78, 5) is 11.6. The second kappa shape index (κ2) is 6.47. The number of hydrogen-bond acceptors (Lipinski definition) is 2. The number of amides is 1. The third-order valence-corrected chi connectivity index (χ3v) is 2.75. The van der Waals surface area contributed by atoms with E-state index in [9.17, 15) is 4.79 Å². The van der Waals surface area contributed by atoms with E-state index in [0.717, 1.165) is 32.4 Å². The summed E-state index contributed by atoms with van der Waals surface area (Å²) in [6.07, 6.45) is 8.91. The Hall–Kier alpha value is -1.01. The SMILES string of the molecule is C#CC(CCC)NC(=O)CC1CCNC1. The van der Waals surface area contributed by atoms with E-state index in [1.54, 1.807) is 0 Å². The lowest BCUT2D eigenvalue weighted by molar-refractivity contribution is -0.122. The molecule has 0 aromatic carbocycles. The molecular formula is C12H20N2O. The summed E-state index contributed by atoms with van der Waals surface area (Å²) < 4.78 is 0. The number of rotatable bonds is 5. The lowest BCUT2D eigenvalue weighted by Gasteiger charge is -2.13. The van der Waals surface area contributed by atoms with Gasteiger partial charge in [-0.15, -0.1) is 6.42 Å². The Bertz CT molecular complexity index is 238. The average Bonchev–Trinajstić information content (AvgIpc) is 2.69. The monoisotopic (exact) mass is 208 g/mol. The lowest BCUT2D eigenvalue weighted by Crippen LogP contribution is -2.34. The van der Waals surface area contributed by atoms with Crippen LogP contribution in [0.3, 0.4) is 0 Å². The van der Waals surface area contributed by atoms with Gasteiger partial charge in [-0.3, -0.25) is 4.79 Å². The number of nitrogens with one attached hydrogen (secondary N) is 2. The predicted molar refractivity (Wildman–Crippen MR) is 61.3 cm³/mol. The molecule has 2 N–H and O–H groups in total. The molecule has 3 nitrogen and oxygen atoms in total. The molecule has 0 saturated carbocycles. The molecule has 1 aliphatic rings. The van der Waals surface area contributed by atoms with Crippen molar-refractivity contribution in [2.45, 2.75) is 38.6 Å². The second-order valence-corrected chi connectivity index (χ2v) is 4.14. The molecule has 0 radical (unpaired) electrons. The summed E-state index contributed by atoms with van der Waals surface area (Å²) in [5.41, 5.74) is 0. The Morgan fingerprint density at radius 3 is 3.07 bits per heavy atom. The maximum atomic E-state index is 11.6. The summed E-state index contributed by atoms with van der Waals surface area (Å²) in [7, 11) is 0. The first-order chi connectivity index (χ1) is 7.26. The molecule has 1 amide bonds. The van der Waals surface area contributed by atoms with E-state index in [-0.39, 0.29) is 11.9 Å². The molecule has 0 bridgehead atoms. The van der Waals surface area contributed by atoms with E-state index in [1.807, 2.05) is 0 Å². The van der Waals surface area contributed by atoms with Gasteiger partial charge in [0.05, 0.1) is 6.04 Å². The van der Waals surface area contributed by atoms with Gasteiger partial charge < -0.3 is 10.6 Å². The van der Waals surface area contributed by atoms with Crippen molar-refractivity contribution in [1.82, 2.24) is 10.6 Å². The molecule has 1 aliphatic heterocycles. The first-order valence-electron chi connectivity index (χ1n) is 5.72. The predicted octanol–water partition coefficient (Wildman–Crippen LogP) is 0.904. The molecule has 2 atom stereocenters. The van der Waals surface area contributed by atoms with Crippen molar-refractivity contribution in [2.24, 2.45) is 5.92 Å². The molecule has 0 spiro atoms. The van der Waals surface area contributed by atoms with Crippen molar-refractivity contribution >= 4 is 5.91 Å². The van der Waals surface area contributed by atoms with Crippen LogP contribution >= 0.6 is 0 Å². The van der Waals surface area contributed by atoms with Crippen LogP contribution in [0.2, 0.25) is 0 Å². The third-order valence-electron chi connectivity index (χ3n) is 2.75. The minimum absolute atomic E-state index is 0.0862. The Kier molecular flexibility index (Phi) is 5.20. The molecule has 2 unspecified atom stereocenters. The number of hydrogen-bond donors (Lipinski definition) is 2. The van der Waals surface area contributed by atoms with Gasteiger partial charge in [-0.05, 0) is 31.8 Å². The van der Waals surface area contributed by atoms with E-state index >= 15 is 0 Å². The molecule has 84 valence electrons. The fourth-order valence-corrected chi connectivity index (χ4v) is 1.89. The molecule has 0 aliphatic carbocycles. The van der Waals surface area contributed by atoms with Crippen LogP contribution in [0.15, 0.2) is 0 Å². The van der Waals surface area contributed by atoms with Gasteiger partial charge in [0.15, 0.2) is 0 Å². The summed E-state index contributed by atoms with van der Waals surface area (Å²) in [6.45, 7) is 4.06. The summed E-state index contributed by atoms with van der Waals surface area (Å²) in [6, 6.07) is -0.0862. The van der Waals surface area contributed by atoms with Crippen LogP contribution in [0.5, 0.6) is 0 Å². The highest BCUT2D eigenvalue weighted by Gasteiger charge is 2.18. The fourth-order valence-electron chi connectivity index (χ4n) is 1.89. The molecule has 1 saturated heterocycles. The Morgan fingerprint density at radius 1 is 1.73 bits per heavy atom. The maximum Gasteiger partial charge on any atom is 0.221 e. The minimum atomic E-state index is -0.0862. The van der Waals surface area contributed by atoms with E-state index in [1.165, 1.54) is 0 Å². The number of carbonyl (C=O) groups excluding carboxylic acids is 1. The van der Waals surface area contributed by atoms with E-state index in [4.69, 9.17) is 6.42 Å². The van der Waals surface area contributed by atoms with Crippen LogP contribution in [-0.4, -0.2) is 25.0 Å². The van der Waals surface area contributed by atoms with Crippen LogP contribution in [0.1, 0.15) is 32.6 Å². The molecule has 1 fully saturated rings. The van der Waals surface area contributed by atoms with Crippen LogP contribution in [-0.2, 0) is 4.79 Å². The van der Waals surface area contributed by atoms with Crippen molar-refractivity contribution in [3.05, 3.63) is 0 Å². The van der Waals surface area contributed by atoms with Gasteiger partial charge in [-0.2, -0.15) is 0 Å². The van der Waals surface area contributed by atoms with Crippen LogP contribution in [0.25, 0.3) is 0 Å². The first kappa shape index (κ1) is 12.1. The van der Waals surface area contributed by atoms with Crippen LogP contribution < -0.4 is 10.6 Å². The van der Waals surface area contributed by atoms with Gasteiger partial charge in [-0.1, -0.05) is 19.3 Å². The largest absolute Gasteiger partial charge is 0.342 e. The molecule has 1 rings (SSSR count). The van der Waals surface area contributed by atoms with Crippen molar-refractivity contribution in [3.8, 4) is 12.3 Å². The van der Waals surface area contributed by atoms with Gasteiger partial charge in [0, 0.05) is 6.42 Å². The molecule has 15 heavy (non-hydrogen) atoms. The molecule has 0 aromatic heterocycles. The highest BCUT2D eigenvalue weighted by molar-refractivity contribution is 5.77. The van der Waals surface area contributed by atoms with Crippen molar-refractivity contribution in [3.63, 3.8) is 0 Å². The van der Waals surface area contributed by atoms with Crippen molar-refractivity contribution in [2.75, 3.05) is 13.1 Å². The third kappa shape index (κ3) is 4.35. The zero-order chi connectivity index (χ0) is 11.1. The topological polar surface area (TPSA) is 41.1 Å². The van der Waals surface area contributed by atoms with E-state index in [2.05, 4.69) is 23.5 Å². The number of terminal acetylenes is 1. The Morgan fingerprint density at radius 2 is 2.53 bits per heavy atom. The minimum Gasteiger partial charge on any atom is -0.342 e. The molecule has 0 aromatic rings. The smallest absolute Gasteiger partial charge is 0.221 e. The van der Waals surface area contributed by atoms with Crippen molar-refractivity contribution in [1.29, 1.82) is 0 Å². The fraction of sp³-hybridized carbons (Fsp3) is 0.750.